The Morgan fingerprint density at radius 3 is 1.49 bits per heavy atom. The van der Waals surface area contributed by atoms with E-state index in [4.69, 9.17) is 14.4 Å². The Balaban J connectivity index is 1.10. The molecule has 3 nitrogen and oxygen atoms in total. The molecule has 0 spiro atoms. The van der Waals surface area contributed by atoms with Crippen molar-refractivity contribution in [1.29, 1.82) is 0 Å². The molecule has 0 saturated carbocycles. The van der Waals surface area contributed by atoms with E-state index >= 15 is 0 Å². The van der Waals surface area contributed by atoms with Crippen LogP contribution in [0.2, 0.25) is 0 Å². The molecule has 0 aliphatic rings. The van der Waals surface area contributed by atoms with Crippen LogP contribution in [-0.2, 0) is 0 Å². The van der Waals surface area contributed by atoms with Crippen molar-refractivity contribution in [2.45, 2.75) is 0 Å². The molecule has 0 aliphatic carbocycles. The van der Waals surface area contributed by atoms with Crippen LogP contribution >= 0.6 is 0 Å². The predicted octanol–water partition coefficient (Wildman–Crippen LogP) is 14.7. The van der Waals surface area contributed by atoms with E-state index in [1.54, 1.807) is 0 Å². The van der Waals surface area contributed by atoms with Crippen molar-refractivity contribution >= 4 is 43.5 Å². The van der Waals surface area contributed by atoms with Crippen molar-refractivity contribution in [3.05, 3.63) is 206 Å². The molecule has 0 bridgehead atoms. The highest BCUT2D eigenvalue weighted by Gasteiger charge is 2.16. The summed E-state index contributed by atoms with van der Waals surface area (Å²) in [6, 6.07) is 73.1. The molecule has 9 aromatic carbocycles. The van der Waals surface area contributed by atoms with Gasteiger partial charge in [-0.2, -0.15) is 0 Å². The van der Waals surface area contributed by atoms with Gasteiger partial charge in [0.15, 0.2) is 5.82 Å². The highest BCUT2D eigenvalue weighted by atomic mass is 16.3. The van der Waals surface area contributed by atoms with Crippen LogP contribution in [-0.4, -0.2) is 9.97 Å². The van der Waals surface area contributed by atoms with E-state index in [9.17, 15) is 0 Å². The lowest BCUT2D eigenvalue weighted by Crippen LogP contribution is -1.97. The first kappa shape index (κ1) is 32.8. The van der Waals surface area contributed by atoms with Crippen LogP contribution in [0.25, 0.3) is 111 Å². The number of hydrogen-bond acceptors (Lipinski definition) is 3. The van der Waals surface area contributed by atoms with Gasteiger partial charge in [0.1, 0.15) is 11.2 Å². The van der Waals surface area contributed by atoms with Crippen LogP contribution in [0.15, 0.2) is 211 Å². The van der Waals surface area contributed by atoms with Crippen molar-refractivity contribution in [2.75, 3.05) is 0 Å². The molecule has 0 unspecified atom stereocenters. The molecule has 0 aliphatic heterocycles. The molecule has 57 heavy (non-hydrogen) atoms. The molecule has 11 rings (SSSR count). The zero-order valence-electron chi connectivity index (χ0n) is 30.9. The summed E-state index contributed by atoms with van der Waals surface area (Å²) in [6.07, 6.45) is 0. The van der Waals surface area contributed by atoms with Gasteiger partial charge in [0.25, 0.3) is 0 Å². The van der Waals surface area contributed by atoms with E-state index in [-0.39, 0.29) is 0 Å². The monoisotopic (exact) mass is 726 g/mol. The molecular formula is C54H34N2O. The van der Waals surface area contributed by atoms with E-state index in [2.05, 4.69) is 176 Å². The Labute approximate surface area is 330 Å². The van der Waals surface area contributed by atoms with Crippen LogP contribution in [0.5, 0.6) is 0 Å². The average Bonchev–Trinajstić information content (AvgIpc) is 3.67. The summed E-state index contributed by atoms with van der Waals surface area (Å²) in [5.74, 6) is 0.683. The van der Waals surface area contributed by atoms with E-state index in [0.29, 0.717) is 5.82 Å². The van der Waals surface area contributed by atoms with Gasteiger partial charge < -0.3 is 4.42 Å². The molecule has 0 atom stereocenters. The maximum atomic E-state index is 6.22. The molecular weight excluding hydrogens is 693 g/mol. The molecule has 0 radical (unpaired) electrons. The fraction of sp³-hybridized carbons (Fsp3) is 0. The van der Waals surface area contributed by atoms with Crippen LogP contribution < -0.4 is 0 Å². The standard InChI is InChI=1S/C54H34N2O/c1-2-13-37(14-3-1)54-55-50(44-18-10-17-40(29-44)41-23-21-35-11-4-6-15-38(35)27-41)34-51(56-54)47-31-45(42-24-22-36-12-5-7-16-39(36)28-42)30-46(32-47)43-25-26-53-49(33-43)48-19-8-9-20-52(48)57-53/h1-34H. The van der Waals surface area contributed by atoms with Gasteiger partial charge in [-0.1, -0.05) is 146 Å². The SMILES string of the molecule is c1ccc(-c2nc(-c3cccc(-c4ccc5ccccc5c4)c3)cc(-c3cc(-c4ccc5ccccc5c4)cc(-c4ccc5oc6ccccc6c5c4)c3)n2)cc1. The Morgan fingerprint density at radius 1 is 0.263 bits per heavy atom. The van der Waals surface area contributed by atoms with Gasteiger partial charge in [0.05, 0.1) is 11.4 Å². The first-order valence-electron chi connectivity index (χ1n) is 19.3. The van der Waals surface area contributed by atoms with Gasteiger partial charge in [-0.3, -0.25) is 0 Å². The predicted molar refractivity (Wildman–Crippen MR) is 237 cm³/mol. The number of nitrogens with zero attached hydrogens (tertiary/aromatic N) is 2. The molecule has 2 heterocycles. The van der Waals surface area contributed by atoms with E-state index in [0.717, 1.165) is 77.8 Å². The molecule has 3 heteroatoms. The highest BCUT2D eigenvalue weighted by Crippen LogP contribution is 2.38. The molecule has 2 aromatic heterocycles. The van der Waals surface area contributed by atoms with Crippen molar-refractivity contribution in [2.24, 2.45) is 0 Å². The average molecular weight is 727 g/mol. The number of rotatable bonds is 6. The first-order valence-corrected chi connectivity index (χ1v) is 19.3. The Kier molecular flexibility index (Phi) is 7.82. The van der Waals surface area contributed by atoms with E-state index in [1.807, 2.05) is 30.3 Å². The second-order valence-corrected chi connectivity index (χ2v) is 14.6. The van der Waals surface area contributed by atoms with Gasteiger partial charge in [0.2, 0.25) is 0 Å². The summed E-state index contributed by atoms with van der Waals surface area (Å²) in [4.78, 5) is 10.5. The number of hydrogen-bond donors (Lipinski definition) is 0. The smallest absolute Gasteiger partial charge is 0.160 e. The third-order valence-electron chi connectivity index (χ3n) is 11.0. The van der Waals surface area contributed by atoms with Crippen molar-refractivity contribution in [1.82, 2.24) is 9.97 Å². The summed E-state index contributed by atoms with van der Waals surface area (Å²) < 4.78 is 6.22. The highest BCUT2D eigenvalue weighted by molar-refractivity contribution is 6.06. The number of benzene rings is 9. The zero-order chi connectivity index (χ0) is 37.7. The fourth-order valence-corrected chi connectivity index (χ4v) is 8.07. The van der Waals surface area contributed by atoms with E-state index < -0.39 is 0 Å². The zero-order valence-corrected chi connectivity index (χ0v) is 30.9. The third kappa shape index (κ3) is 6.12. The number of para-hydroxylation sites is 1. The maximum absolute atomic E-state index is 6.22. The topological polar surface area (TPSA) is 38.9 Å². The normalized spacial score (nSPS) is 11.5. The minimum absolute atomic E-state index is 0.683. The molecule has 0 amide bonds. The first-order chi connectivity index (χ1) is 28.2. The largest absolute Gasteiger partial charge is 0.456 e. The summed E-state index contributed by atoms with van der Waals surface area (Å²) in [6.45, 7) is 0. The number of fused-ring (bicyclic) bond motifs is 5. The van der Waals surface area contributed by atoms with Crippen LogP contribution in [0.4, 0.5) is 0 Å². The Morgan fingerprint density at radius 2 is 0.754 bits per heavy atom. The minimum Gasteiger partial charge on any atom is -0.456 e. The minimum atomic E-state index is 0.683. The molecule has 11 aromatic rings. The quantitative estimate of drug-likeness (QED) is 0.171. The second-order valence-electron chi connectivity index (χ2n) is 14.6. The summed E-state index contributed by atoms with van der Waals surface area (Å²) in [5, 5.41) is 7.08. The molecule has 0 saturated heterocycles. The fourth-order valence-electron chi connectivity index (χ4n) is 8.07. The lowest BCUT2D eigenvalue weighted by atomic mass is 9.93. The van der Waals surface area contributed by atoms with Crippen LogP contribution in [0, 0.1) is 0 Å². The Hall–Kier alpha value is -7.62. The van der Waals surface area contributed by atoms with Gasteiger partial charge >= 0.3 is 0 Å². The van der Waals surface area contributed by atoms with Crippen molar-refractivity contribution in [3.8, 4) is 67.3 Å². The van der Waals surface area contributed by atoms with Gasteiger partial charge in [-0.15, -0.1) is 0 Å². The van der Waals surface area contributed by atoms with Gasteiger partial charge in [0, 0.05) is 27.5 Å². The Bertz CT molecular complexity index is 3310. The lowest BCUT2D eigenvalue weighted by Gasteiger charge is -2.14. The molecule has 266 valence electrons. The van der Waals surface area contributed by atoms with Gasteiger partial charge in [-0.25, -0.2) is 9.97 Å². The van der Waals surface area contributed by atoms with Crippen molar-refractivity contribution < 1.29 is 4.42 Å². The van der Waals surface area contributed by atoms with Crippen LogP contribution in [0.1, 0.15) is 0 Å². The summed E-state index contributed by atoms with van der Waals surface area (Å²) >= 11 is 0. The second kappa shape index (κ2) is 13.6. The molecule has 0 N–H and O–H groups in total. The molecule has 0 fully saturated rings. The van der Waals surface area contributed by atoms with Crippen molar-refractivity contribution in [3.63, 3.8) is 0 Å². The van der Waals surface area contributed by atoms with Crippen LogP contribution in [0.3, 0.4) is 0 Å². The number of aromatic nitrogens is 2. The summed E-state index contributed by atoms with van der Waals surface area (Å²) in [5.41, 5.74) is 13.3. The third-order valence-corrected chi connectivity index (χ3v) is 11.0. The van der Waals surface area contributed by atoms with Gasteiger partial charge in [-0.05, 0) is 116 Å². The summed E-state index contributed by atoms with van der Waals surface area (Å²) in [7, 11) is 0. The number of furan rings is 1. The maximum Gasteiger partial charge on any atom is 0.160 e. The van der Waals surface area contributed by atoms with E-state index in [1.165, 1.54) is 27.1 Å². The lowest BCUT2D eigenvalue weighted by molar-refractivity contribution is 0.669.